The molecule has 1 aromatic carbocycles. The molecular weight excluding hydrogens is 268 g/mol. The monoisotopic (exact) mass is 292 g/mol. The number of carboxylic acids is 1. The van der Waals surface area contributed by atoms with Gasteiger partial charge in [-0.15, -0.1) is 0 Å². The van der Waals surface area contributed by atoms with Crippen molar-refractivity contribution in [2.75, 3.05) is 6.54 Å². The SMILES string of the molecule is CC[C@H](C)[C@H](NC(=O)NCCCc1ccccc1)C(=O)O. The summed E-state index contributed by atoms with van der Waals surface area (Å²) in [5.41, 5.74) is 1.22. The molecule has 1 rings (SSSR count). The number of aryl methyl sites for hydroxylation is 1. The lowest BCUT2D eigenvalue weighted by atomic mass is 9.99. The Morgan fingerprint density at radius 1 is 1.24 bits per heavy atom. The second kappa shape index (κ2) is 9.00. The molecule has 0 radical (unpaired) electrons. The molecule has 0 saturated heterocycles. The minimum absolute atomic E-state index is 0.0995. The van der Waals surface area contributed by atoms with Crippen LogP contribution in [-0.2, 0) is 11.2 Å². The van der Waals surface area contributed by atoms with E-state index in [4.69, 9.17) is 5.11 Å². The molecule has 0 bridgehead atoms. The number of hydrogen-bond donors (Lipinski definition) is 3. The van der Waals surface area contributed by atoms with Crippen LogP contribution in [-0.4, -0.2) is 29.7 Å². The van der Waals surface area contributed by atoms with Crippen molar-refractivity contribution in [1.82, 2.24) is 10.6 Å². The van der Waals surface area contributed by atoms with E-state index in [9.17, 15) is 9.59 Å². The van der Waals surface area contributed by atoms with Crippen molar-refractivity contribution in [2.24, 2.45) is 5.92 Å². The summed E-state index contributed by atoms with van der Waals surface area (Å²) in [6.45, 7) is 4.24. The summed E-state index contributed by atoms with van der Waals surface area (Å²) in [6, 6.07) is 8.76. The Hall–Kier alpha value is -2.04. The molecule has 0 unspecified atom stereocenters. The van der Waals surface area contributed by atoms with Gasteiger partial charge >= 0.3 is 12.0 Å². The van der Waals surface area contributed by atoms with Crippen molar-refractivity contribution >= 4 is 12.0 Å². The molecule has 0 aliphatic rings. The van der Waals surface area contributed by atoms with Crippen LogP contribution in [0.5, 0.6) is 0 Å². The van der Waals surface area contributed by atoms with Crippen LogP contribution in [0, 0.1) is 5.92 Å². The topological polar surface area (TPSA) is 78.4 Å². The van der Waals surface area contributed by atoms with Crippen molar-refractivity contribution in [3.8, 4) is 0 Å². The molecule has 2 atom stereocenters. The van der Waals surface area contributed by atoms with Gasteiger partial charge < -0.3 is 15.7 Å². The number of hydrogen-bond acceptors (Lipinski definition) is 2. The van der Waals surface area contributed by atoms with Crippen LogP contribution < -0.4 is 10.6 Å². The fourth-order valence-corrected chi connectivity index (χ4v) is 2.01. The molecule has 3 N–H and O–H groups in total. The first-order valence-electron chi connectivity index (χ1n) is 7.35. The van der Waals surface area contributed by atoms with Gasteiger partial charge in [-0.3, -0.25) is 0 Å². The Labute approximate surface area is 125 Å². The fraction of sp³-hybridized carbons (Fsp3) is 0.500. The number of carbonyl (C=O) groups excluding carboxylic acids is 1. The summed E-state index contributed by atoms with van der Waals surface area (Å²) in [5, 5.41) is 14.3. The second-order valence-electron chi connectivity index (χ2n) is 5.19. The quantitative estimate of drug-likeness (QED) is 0.644. The average molecular weight is 292 g/mol. The molecule has 2 amide bonds. The lowest BCUT2D eigenvalue weighted by molar-refractivity contribution is -0.140. The Morgan fingerprint density at radius 2 is 1.90 bits per heavy atom. The third-order valence-electron chi connectivity index (χ3n) is 3.54. The van der Waals surface area contributed by atoms with Crippen LogP contribution in [0.2, 0.25) is 0 Å². The van der Waals surface area contributed by atoms with Crippen LogP contribution in [0.15, 0.2) is 30.3 Å². The molecule has 0 aliphatic carbocycles. The van der Waals surface area contributed by atoms with Crippen LogP contribution in [0.4, 0.5) is 4.79 Å². The summed E-state index contributed by atoms with van der Waals surface area (Å²) < 4.78 is 0. The summed E-state index contributed by atoms with van der Waals surface area (Å²) >= 11 is 0. The maximum atomic E-state index is 11.7. The van der Waals surface area contributed by atoms with Gasteiger partial charge in [0.1, 0.15) is 6.04 Å². The molecule has 0 spiro atoms. The predicted molar refractivity (Wildman–Crippen MR) is 82.2 cm³/mol. The van der Waals surface area contributed by atoms with Crippen LogP contribution >= 0.6 is 0 Å². The number of carbonyl (C=O) groups is 2. The Balaban J connectivity index is 2.28. The molecule has 0 fully saturated rings. The molecule has 5 heteroatoms. The van der Waals surface area contributed by atoms with Gasteiger partial charge in [0.25, 0.3) is 0 Å². The largest absolute Gasteiger partial charge is 0.480 e. The molecule has 1 aromatic rings. The molecule has 5 nitrogen and oxygen atoms in total. The number of urea groups is 1. The Morgan fingerprint density at radius 3 is 2.48 bits per heavy atom. The van der Waals surface area contributed by atoms with Gasteiger partial charge in [0, 0.05) is 6.54 Å². The molecule has 0 aromatic heterocycles. The Bertz CT molecular complexity index is 448. The van der Waals surface area contributed by atoms with Crippen molar-refractivity contribution in [3.63, 3.8) is 0 Å². The fourth-order valence-electron chi connectivity index (χ4n) is 2.01. The van der Waals surface area contributed by atoms with E-state index in [0.717, 1.165) is 12.8 Å². The average Bonchev–Trinajstić information content (AvgIpc) is 2.49. The summed E-state index contributed by atoms with van der Waals surface area (Å²) in [7, 11) is 0. The molecule has 116 valence electrons. The van der Waals surface area contributed by atoms with Gasteiger partial charge in [0.15, 0.2) is 0 Å². The summed E-state index contributed by atoms with van der Waals surface area (Å²) in [5.74, 6) is -1.10. The molecule has 21 heavy (non-hydrogen) atoms. The molecule has 0 heterocycles. The van der Waals surface area contributed by atoms with E-state index >= 15 is 0 Å². The van der Waals surface area contributed by atoms with E-state index in [1.165, 1.54) is 5.56 Å². The highest BCUT2D eigenvalue weighted by atomic mass is 16.4. The number of amides is 2. The van der Waals surface area contributed by atoms with Gasteiger partial charge in [0.05, 0.1) is 0 Å². The zero-order valence-corrected chi connectivity index (χ0v) is 12.6. The third kappa shape index (κ3) is 6.29. The van der Waals surface area contributed by atoms with E-state index in [0.29, 0.717) is 13.0 Å². The number of aliphatic carboxylic acids is 1. The molecule has 0 aliphatic heterocycles. The van der Waals surface area contributed by atoms with E-state index in [2.05, 4.69) is 10.6 Å². The maximum absolute atomic E-state index is 11.7. The molecule has 0 saturated carbocycles. The summed E-state index contributed by atoms with van der Waals surface area (Å²) in [4.78, 5) is 22.8. The van der Waals surface area contributed by atoms with Crippen molar-refractivity contribution in [3.05, 3.63) is 35.9 Å². The predicted octanol–water partition coefficient (Wildman–Crippen LogP) is 2.42. The first kappa shape index (κ1) is 17.0. The maximum Gasteiger partial charge on any atom is 0.326 e. The van der Waals surface area contributed by atoms with Crippen LogP contribution in [0.25, 0.3) is 0 Å². The lowest BCUT2D eigenvalue weighted by Crippen LogP contribution is -2.49. The number of nitrogens with one attached hydrogen (secondary N) is 2. The normalized spacial score (nSPS) is 13.2. The van der Waals surface area contributed by atoms with Crippen LogP contribution in [0.1, 0.15) is 32.3 Å². The zero-order chi connectivity index (χ0) is 15.7. The number of benzene rings is 1. The second-order valence-corrected chi connectivity index (χ2v) is 5.19. The number of carboxylic acid groups (broad SMARTS) is 1. The highest BCUT2D eigenvalue weighted by molar-refractivity contribution is 5.82. The molecular formula is C16H24N2O3. The van der Waals surface area contributed by atoms with E-state index in [1.807, 2.05) is 44.2 Å². The van der Waals surface area contributed by atoms with Gasteiger partial charge in [-0.05, 0) is 24.3 Å². The number of rotatable bonds is 8. The lowest BCUT2D eigenvalue weighted by Gasteiger charge is -2.20. The zero-order valence-electron chi connectivity index (χ0n) is 12.6. The van der Waals surface area contributed by atoms with Gasteiger partial charge in [0.2, 0.25) is 0 Å². The van der Waals surface area contributed by atoms with E-state index < -0.39 is 18.0 Å². The minimum atomic E-state index is -0.996. The standard InChI is InChI=1S/C16H24N2O3/c1-3-12(2)14(15(19)20)18-16(21)17-11-7-10-13-8-5-4-6-9-13/h4-6,8-9,12,14H,3,7,10-11H2,1-2H3,(H,19,20)(H2,17,18,21)/t12-,14-/m0/s1. The van der Waals surface area contributed by atoms with Crippen molar-refractivity contribution in [2.45, 2.75) is 39.2 Å². The van der Waals surface area contributed by atoms with E-state index in [-0.39, 0.29) is 5.92 Å². The van der Waals surface area contributed by atoms with Crippen molar-refractivity contribution < 1.29 is 14.7 Å². The van der Waals surface area contributed by atoms with Gasteiger partial charge in [-0.1, -0.05) is 50.6 Å². The van der Waals surface area contributed by atoms with Crippen LogP contribution in [0.3, 0.4) is 0 Å². The van der Waals surface area contributed by atoms with Crippen molar-refractivity contribution in [1.29, 1.82) is 0 Å². The third-order valence-corrected chi connectivity index (χ3v) is 3.54. The van der Waals surface area contributed by atoms with Gasteiger partial charge in [-0.2, -0.15) is 0 Å². The minimum Gasteiger partial charge on any atom is -0.480 e. The highest BCUT2D eigenvalue weighted by Crippen LogP contribution is 2.07. The van der Waals surface area contributed by atoms with Gasteiger partial charge in [-0.25, -0.2) is 9.59 Å². The summed E-state index contributed by atoms with van der Waals surface area (Å²) in [6.07, 6.45) is 2.40. The first-order valence-corrected chi connectivity index (χ1v) is 7.35. The highest BCUT2D eigenvalue weighted by Gasteiger charge is 2.24. The van der Waals surface area contributed by atoms with E-state index in [1.54, 1.807) is 0 Å². The first-order chi connectivity index (χ1) is 10.0. The Kier molecular flexibility index (Phi) is 7.29. The smallest absolute Gasteiger partial charge is 0.326 e.